The molecule has 0 aromatic heterocycles. The number of para-hydroxylation sites is 1. The van der Waals surface area contributed by atoms with Gasteiger partial charge in [-0.1, -0.05) is 28.1 Å². The van der Waals surface area contributed by atoms with E-state index < -0.39 is 0 Å². The van der Waals surface area contributed by atoms with E-state index in [4.69, 9.17) is 0 Å². The summed E-state index contributed by atoms with van der Waals surface area (Å²) in [6.45, 7) is 2.47. The van der Waals surface area contributed by atoms with Gasteiger partial charge in [0.1, 0.15) is 0 Å². The minimum absolute atomic E-state index is 0.0697. The van der Waals surface area contributed by atoms with E-state index in [2.05, 4.69) is 21.2 Å². The summed E-state index contributed by atoms with van der Waals surface area (Å²) in [6, 6.07) is 10.9. The summed E-state index contributed by atoms with van der Waals surface area (Å²) in [6.07, 6.45) is 0. The molecule has 0 unspecified atom stereocenters. The minimum atomic E-state index is -0.0955. The molecule has 0 fully saturated rings. The van der Waals surface area contributed by atoms with E-state index in [1.54, 1.807) is 12.1 Å². The molecule has 94 valence electrons. The van der Waals surface area contributed by atoms with E-state index in [0.717, 1.165) is 15.7 Å². The Hall–Kier alpha value is -1.68. The Kier molecular flexibility index (Phi) is 3.77. The number of hydrogen-bond acceptors (Lipinski definition) is 3. The van der Waals surface area contributed by atoms with Crippen LogP contribution >= 0.6 is 15.9 Å². The molecule has 3 nitrogen and oxygen atoms in total. The van der Waals surface area contributed by atoms with Crippen molar-refractivity contribution in [2.24, 2.45) is 0 Å². The maximum absolute atomic E-state index is 9.69. The van der Waals surface area contributed by atoms with Crippen LogP contribution in [-0.4, -0.2) is 10.2 Å². The van der Waals surface area contributed by atoms with Crippen LogP contribution in [0.15, 0.2) is 40.9 Å². The molecule has 0 aliphatic heterocycles. The molecule has 0 radical (unpaired) electrons. The SMILES string of the molecule is Cc1cc(Br)ccc1NCc1cccc(O)c1O. The molecule has 4 heteroatoms. The second-order valence-corrected chi connectivity index (χ2v) is 5.01. The van der Waals surface area contributed by atoms with Gasteiger partial charge in [-0.15, -0.1) is 0 Å². The molecular formula is C14H14BrNO2. The van der Waals surface area contributed by atoms with Gasteiger partial charge in [-0.3, -0.25) is 0 Å². The van der Waals surface area contributed by atoms with Crippen molar-refractivity contribution in [3.63, 3.8) is 0 Å². The highest BCUT2D eigenvalue weighted by atomic mass is 79.9. The average molecular weight is 308 g/mol. The molecule has 0 saturated heterocycles. The Morgan fingerprint density at radius 1 is 1.17 bits per heavy atom. The summed E-state index contributed by atoms with van der Waals surface area (Å²) in [7, 11) is 0. The zero-order valence-corrected chi connectivity index (χ0v) is 11.5. The van der Waals surface area contributed by atoms with Crippen molar-refractivity contribution in [1.82, 2.24) is 0 Å². The van der Waals surface area contributed by atoms with Gasteiger partial charge < -0.3 is 15.5 Å². The lowest BCUT2D eigenvalue weighted by molar-refractivity contribution is 0.400. The fraction of sp³-hybridized carbons (Fsp3) is 0.143. The van der Waals surface area contributed by atoms with Gasteiger partial charge in [-0.05, 0) is 36.8 Å². The number of phenolic OH excluding ortho intramolecular Hbond substituents is 2. The number of anilines is 1. The number of aryl methyl sites for hydroxylation is 1. The summed E-state index contributed by atoms with van der Waals surface area (Å²) >= 11 is 3.41. The van der Waals surface area contributed by atoms with Gasteiger partial charge in [0.15, 0.2) is 11.5 Å². The van der Waals surface area contributed by atoms with Crippen molar-refractivity contribution >= 4 is 21.6 Å². The van der Waals surface area contributed by atoms with Gasteiger partial charge in [-0.2, -0.15) is 0 Å². The van der Waals surface area contributed by atoms with Gasteiger partial charge in [-0.25, -0.2) is 0 Å². The van der Waals surface area contributed by atoms with Crippen molar-refractivity contribution in [2.45, 2.75) is 13.5 Å². The molecule has 2 aromatic rings. The number of aromatic hydroxyl groups is 2. The third-order valence-electron chi connectivity index (χ3n) is 2.76. The maximum atomic E-state index is 9.69. The first-order valence-corrected chi connectivity index (χ1v) is 6.37. The van der Waals surface area contributed by atoms with E-state index >= 15 is 0 Å². The predicted molar refractivity (Wildman–Crippen MR) is 76.0 cm³/mol. The molecular weight excluding hydrogens is 294 g/mol. The quantitative estimate of drug-likeness (QED) is 0.756. The van der Waals surface area contributed by atoms with Crippen molar-refractivity contribution < 1.29 is 10.2 Å². The largest absolute Gasteiger partial charge is 0.504 e. The lowest BCUT2D eigenvalue weighted by Crippen LogP contribution is -2.01. The molecule has 0 bridgehead atoms. The normalized spacial score (nSPS) is 10.3. The maximum Gasteiger partial charge on any atom is 0.162 e. The van der Waals surface area contributed by atoms with E-state index in [1.807, 2.05) is 25.1 Å². The van der Waals surface area contributed by atoms with Gasteiger partial charge >= 0.3 is 0 Å². The van der Waals surface area contributed by atoms with Crippen LogP contribution in [0, 0.1) is 6.92 Å². The third-order valence-corrected chi connectivity index (χ3v) is 3.25. The molecule has 0 atom stereocenters. The summed E-state index contributed by atoms with van der Waals surface area (Å²) in [5.74, 6) is -0.165. The highest BCUT2D eigenvalue weighted by Crippen LogP contribution is 2.29. The van der Waals surface area contributed by atoms with E-state index in [-0.39, 0.29) is 11.5 Å². The topological polar surface area (TPSA) is 52.5 Å². The second-order valence-electron chi connectivity index (χ2n) is 4.10. The molecule has 2 rings (SSSR count). The molecule has 18 heavy (non-hydrogen) atoms. The summed E-state index contributed by atoms with van der Waals surface area (Å²) in [4.78, 5) is 0. The van der Waals surface area contributed by atoms with Gasteiger partial charge in [0.2, 0.25) is 0 Å². The molecule has 0 aliphatic carbocycles. The van der Waals surface area contributed by atoms with E-state index in [0.29, 0.717) is 12.1 Å². The molecule has 3 N–H and O–H groups in total. The Bertz CT molecular complexity index is 570. The van der Waals surface area contributed by atoms with Crippen LogP contribution in [0.5, 0.6) is 11.5 Å². The van der Waals surface area contributed by atoms with Crippen LogP contribution in [0.1, 0.15) is 11.1 Å². The Morgan fingerprint density at radius 3 is 2.67 bits per heavy atom. The monoisotopic (exact) mass is 307 g/mol. The van der Waals surface area contributed by atoms with Crippen LogP contribution in [0.4, 0.5) is 5.69 Å². The van der Waals surface area contributed by atoms with Crippen molar-refractivity contribution in [3.05, 3.63) is 52.0 Å². The van der Waals surface area contributed by atoms with E-state index in [9.17, 15) is 10.2 Å². The number of benzene rings is 2. The standard InChI is InChI=1S/C14H14BrNO2/c1-9-7-11(15)5-6-12(9)16-8-10-3-2-4-13(17)14(10)18/h2-7,16-18H,8H2,1H3. The lowest BCUT2D eigenvalue weighted by Gasteiger charge is -2.11. The van der Waals surface area contributed by atoms with Crippen LogP contribution < -0.4 is 5.32 Å². The van der Waals surface area contributed by atoms with E-state index in [1.165, 1.54) is 6.07 Å². The van der Waals surface area contributed by atoms with Crippen molar-refractivity contribution in [2.75, 3.05) is 5.32 Å². The number of halogens is 1. The first-order valence-electron chi connectivity index (χ1n) is 5.58. The molecule has 0 heterocycles. The Balaban J connectivity index is 2.14. The van der Waals surface area contributed by atoms with Gasteiger partial charge in [0.05, 0.1) is 0 Å². The highest BCUT2D eigenvalue weighted by Gasteiger charge is 2.06. The van der Waals surface area contributed by atoms with Crippen LogP contribution in [0.25, 0.3) is 0 Å². The Labute approximate surface area is 114 Å². The van der Waals surface area contributed by atoms with Crippen molar-refractivity contribution in [3.8, 4) is 11.5 Å². The smallest absolute Gasteiger partial charge is 0.162 e. The number of hydrogen-bond donors (Lipinski definition) is 3. The molecule has 0 amide bonds. The summed E-state index contributed by atoms with van der Waals surface area (Å²) < 4.78 is 1.03. The van der Waals surface area contributed by atoms with Crippen LogP contribution in [-0.2, 0) is 6.54 Å². The average Bonchev–Trinajstić information content (AvgIpc) is 2.33. The zero-order chi connectivity index (χ0) is 13.1. The molecule has 0 spiro atoms. The minimum Gasteiger partial charge on any atom is -0.504 e. The molecule has 2 aromatic carbocycles. The predicted octanol–water partition coefficient (Wildman–Crippen LogP) is 3.78. The van der Waals surface area contributed by atoms with Crippen LogP contribution in [0.3, 0.4) is 0 Å². The highest BCUT2D eigenvalue weighted by molar-refractivity contribution is 9.10. The molecule has 0 aliphatic rings. The first kappa shape index (κ1) is 12.8. The second kappa shape index (κ2) is 5.31. The fourth-order valence-electron chi connectivity index (χ4n) is 1.74. The number of rotatable bonds is 3. The number of nitrogens with one attached hydrogen (secondary N) is 1. The number of phenols is 2. The van der Waals surface area contributed by atoms with Gasteiger partial charge in [0.25, 0.3) is 0 Å². The lowest BCUT2D eigenvalue weighted by atomic mass is 10.1. The van der Waals surface area contributed by atoms with Crippen molar-refractivity contribution in [1.29, 1.82) is 0 Å². The first-order chi connectivity index (χ1) is 8.58. The third kappa shape index (κ3) is 2.76. The van der Waals surface area contributed by atoms with Crippen LogP contribution in [0.2, 0.25) is 0 Å². The summed E-state index contributed by atoms with van der Waals surface area (Å²) in [5, 5.41) is 22.3. The zero-order valence-electron chi connectivity index (χ0n) is 9.94. The summed E-state index contributed by atoms with van der Waals surface area (Å²) in [5.41, 5.74) is 2.78. The van der Waals surface area contributed by atoms with Gasteiger partial charge in [0, 0.05) is 22.3 Å². The Morgan fingerprint density at radius 2 is 1.94 bits per heavy atom. The molecule has 0 saturated carbocycles. The fourth-order valence-corrected chi connectivity index (χ4v) is 2.21.